The van der Waals surface area contributed by atoms with Gasteiger partial charge in [0.05, 0.1) is 6.07 Å². The number of aryl methyl sites for hydroxylation is 2. The molecule has 0 fully saturated rings. The van der Waals surface area contributed by atoms with E-state index in [-0.39, 0.29) is 0 Å². The lowest BCUT2D eigenvalue weighted by Crippen LogP contribution is -2.39. The number of hydrogen-bond donors (Lipinski definition) is 0. The predicted molar refractivity (Wildman–Crippen MR) is 67.1 cm³/mol. The smallest absolute Gasteiger partial charge is 0.103 e. The predicted octanol–water partition coefficient (Wildman–Crippen LogP) is 3.04. The fraction of sp³-hybridized carbons (Fsp3) is 0.500. The number of hydrogen-bond acceptors (Lipinski definition) is 2. The van der Waals surface area contributed by atoms with Crippen LogP contribution in [-0.2, 0) is 6.54 Å². The molecular formula is C14H20N2. The first-order chi connectivity index (χ1) is 7.36. The topological polar surface area (TPSA) is 27.0 Å². The Morgan fingerprint density at radius 3 is 2.38 bits per heavy atom. The normalized spacial score (nSPS) is 11.6. The highest BCUT2D eigenvalue weighted by Crippen LogP contribution is 2.16. The summed E-state index contributed by atoms with van der Waals surface area (Å²) in [7, 11) is 1.98. The van der Waals surface area contributed by atoms with E-state index in [0.717, 1.165) is 6.54 Å². The summed E-state index contributed by atoms with van der Waals surface area (Å²) < 4.78 is 0. The van der Waals surface area contributed by atoms with Gasteiger partial charge in [-0.3, -0.25) is 4.90 Å². The Morgan fingerprint density at radius 1 is 1.25 bits per heavy atom. The van der Waals surface area contributed by atoms with Crippen LogP contribution in [0.15, 0.2) is 18.2 Å². The fourth-order valence-electron chi connectivity index (χ4n) is 1.46. The number of nitriles is 1. The second-order valence-electron chi connectivity index (χ2n) is 4.95. The van der Waals surface area contributed by atoms with Crippen molar-refractivity contribution in [2.45, 2.75) is 39.8 Å². The molecular weight excluding hydrogens is 196 g/mol. The van der Waals surface area contributed by atoms with Gasteiger partial charge < -0.3 is 0 Å². The average molecular weight is 216 g/mol. The van der Waals surface area contributed by atoms with Crippen LogP contribution in [0.1, 0.15) is 30.5 Å². The lowest BCUT2D eigenvalue weighted by atomic mass is 10.0. The molecule has 0 aromatic heterocycles. The van der Waals surface area contributed by atoms with E-state index in [1.807, 2.05) is 20.9 Å². The van der Waals surface area contributed by atoms with Crippen LogP contribution < -0.4 is 0 Å². The maximum absolute atomic E-state index is 9.05. The number of benzene rings is 1. The maximum Gasteiger partial charge on any atom is 0.103 e. The Morgan fingerprint density at radius 2 is 1.88 bits per heavy atom. The molecule has 0 unspecified atom stereocenters. The van der Waals surface area contributed by atoms with E-state index < -0.39 is 5.54 Å². The van der Waals surface area contributed by atoms with Gasteiger partial charge in [0, 0.05) is 6.54 Å². The minimum absolute atomic E-state index is 0.418. The molecule has 2 nitrogen and oxygen atoms in total. The van der Waals surface area contributed by atoms with Crippen molar-refractivity contribution in [3.05, 3.63) is 34.9 Å². The quantitative estimate of drug-likeness (QED) is 0.776. The molecule has 0 saturated carbocycles. The van der Waals surface area contributed by atoms with Crippen molar-refractivity contribution < 1.29 is 0 Å². The van der Waals surface area contributed by atoms with Gasteiger partial charge in [0.1, 0.15) is 5.54 Å². The van der Waals surface area contributed by atoms with Gasteiger partial charge >= 0.3 is 0 Å². The summed E-state index contributed by atoms with van der Waals surface area (Å²) in [6.45, 7) is 8.92. The molecule has 0 bridgehead atoms. The van der Waals surface area contributed by atoms with E-state index in [9.17, 15) is 0 Å². The fourth-order valence-corrected chi connectivity index (χ4v) is 1.46. The van der Waals surface area contributed by atoms with Crippen LogP contribution in [0.25, 0.3) is 0 Å². The Labute approximate surface area is 98.5 Å². The second-order valence-corrected chi connectivity index (χ2v) is 4.95. The minimum atomic E-state index is -0.418. The molecule has 1 rings (SSSR count). The lowest BCUT2D eigenvalue weighted by Gasteiger charge is -2.29. The van der Waals surface area contributed by atoms with E-state index in [4.69, 9.17) is 5.26 Å². The highest BCUT2D eigenvalue weighted by molar-refractivity contribution is 5.30. The molecule has 0 aliphatic heterocycles. The van der Waals surface area contributed by atoms with Crippen LogP contribution in [0.3, 0.4) is 0 Å². The van der Waals surface area contributed by atoms with Crippen molar-refractivity contribution >= 4 is 0 Å². The van der Waals surface area contributed by atoms with Gasteiger partial charge in [0.2, 0.25) is 0 Å². The zero-order valence-electron chi connectivity index (χ0n) is 10.8. The zero-order valence-corrected chi connectivity index (χ0v) is 10.8. The molecule has 0 atom stereocenters. The van der Waals surface area contributed by atoms with Crippen molar-refractivity contribution in [2.24, 2.45) is 0 Å². The molecule has 1 aromatic carbocycles. The van der Waals surface area contributed by atoms with Gasteiger partial charge in [0.15, 0.2) is 0 Å². The first-order valence-corrected chi connectivity index (χ1v) is 5.55. The van der Waals surface area contributed by atoms with Crippen molar-refractivity contribution in [1.29, 1.82) is 5.26 Å². The molecule has 86 valence electrons. The van der Waals surface area contributed by atoms with E-state index in [1.165, 1.54) is 16.7 Å². The third-order valence-electron chi connectivity index (χ3n) is 3.22. The number of rotatable bonds is 3. The summed E-state index contributed by atoms with van der Waals surface area (Å²) in [5, 5.41) is 9.05. The van der Waals surface area contributed by atoms with Crippen molar-refractivity contribution in [3.8, 4) is 6.07 Å². The first kappa shape index (κ1) is 12.7. The molecule has 0 aliphatic carbocycles. The van der Waals surface area contributed by atoms with Crippen LogP contribution >= 0.6 is 0 Å². The van der Waals surface area contributed by atoms with Crippen LogP contribution in [0, 0.1) is 25.2 Å². The summed E-state index contributed by atoms with van der Waals surface area (Å²) in [6.07, 6.45) is 0. The maximum atomic E-state index is 9.05. The Bertz CT molecular complexity index is 413. The van der Waals surface area contributed by atoms with Crippen LogP contribution in [0.5, 0.6) is 0 Å². The van der Waals surface area contributed by atoms with Gasteiger partial charge in [-0.05, 0) is 51.4 Å². The highest BCUT2D eigenvalue weighted by atomic mass is 15.2. The minimum Gasteiger partial charge on any atom is -0.285 e. The van der Waals surface area contributed by atoms with Crippen LogP contribution in [0.2, 0.25) is 0 Å². The monoisotopic (exact) mass is 216 g/mol. The van der Waals surface area contributed by atoms with Crippen LogP contribution in [-0.4, -0.2) is 17.5 Å². The molecule has 0 aliphatic rings. The van der Waals surface area contributed by atoms with Crippen molar-refractivity contribution in [1.82, 2.24) is 4.90 Å². The molecule has 0 heterocycles. The molecule has 2 heteroatoms. The first-order valence-electron chi connectivity index (χ1n) is 5.55. The molecule has 0 spiro atoms. The van der Waals surface area contributed by atoms with E-state index in [1.54, 1.807) is 0 Å². The van der Waals surface area contributed by atoms with Gasteiger partial charge in [-0.25, -0.2) is 0 Å². The summed E-state index contributed by atoms with van der Waals surface area (Å²) in [5.74, 6) is 0. The third kappa shape index (κ3) is 2.84. The van der Waals surface area contributed by atoms with Gasteiger partial charge in [-0.15, -0.1) is 0 Å². The lowest BCUT2D eigenvalue weighted by molar-refractivity contribution is 0.203. The largest absolute Gasteiger partial charge is 0.285 e. The zero-order chi connectivity index (χ0) is 12.3. The third-order valence-corrected chi connectivity index (χ3v) is 3.22. The van der Waals surface area contributed by atoms with Crippen molar-refractivity contribution in [3.63, 3.8) is 0 Å². The van der Waals surface area contributed by atoms with E-state index in [0.29, 0.717) is 0 Å². The standard InChI is InChI=1S/C14H20N2/c1-11-6-7-13(8-12(11)2)9-16(5)14(3,4)10-15/h6-8H,9H2,1-5H3. The Hall–Kier alpha value is -1.33. The second kappa shape index (κ2) is 4.67. The molecule has 0 saturated heterocycles. The highest BCUT2D eigenvalue weighted by Gasteiger charge is 2.22. The summed E-state index contributed by atoms with van der Waals surface area (Å²) in [5.41, 5.74) is 3.46. The van der Waals surface area contributed by atoms with E-state index in [2.05, 4.69) is 43.0 Å². The molecule has 0 amide bonds. The Kier molecular flexibility index (Phi) is 3.72. The Balaban J connectivity index is 2.82. The molecule has 0 N–H and O–H groups in total. The summed E-state index contributed by atoms with van der Waals surface area (Å²) in [6, 6.07) is 8.78. The summed E-state index contributed by atoms with van der Waals surface area (Å²) in [4.78, 5) is 2.07. The average Bonchev–Trinajstić information content (AvgIpc) is 2.23. The molecule has 1 aromatic rings. The molecule has 16 heavy (non-hydrogen) atoms. The van der Waals surface area contributed by atoms with Crippen LogP contribution in [0.4, 0.5) is 0 Å². The SMILES string of the molecule is Cc1ccc(CN(C)C(C)(C)C#N)cc1C. The molecule has 0 radical (unpaired) electrons. The summed E-state index contributed by atoms with van der Waals surface area (Å²) >= 11 is 0. The van der Waals surface area contributed by atoms with Gasteiger partial charge in [-0.2, -0.15) is 5.26 Å². The van der Waals surface area contributed by atoms with Gasteiger partial charge in [-0.1, -0.05) is 18.2 Å². The van der Waals surface area contributed by atoms with Gasteiger partial charge in [0.25, 0.3) is 0 Å². The van der Waals surface area contributed by atoms with E-state index >= 15 is 0 Å². The number of nitrogens with zero attached hydrogens (tertiary/aromatic N) is 2. The van der Waals surface area contributed by atoms with Crippen molar-refractivity contribution in [2.75, 3.05) is 7.05 Å².